The molecule has 0 spiro atoms. The van der Waals surface area contributed by atoms with Crippen LogP contribution < -0.4 is 4.74 Å². The molecular formula is C17H22N2O2. The van der Waals surface area contributed by atoms with E-state index in [0.717, 1.165) is 23.6 Å². The lowest BCUT2D eigenvalue weighted by atomic mass is 10.1. The number of benzene rings is 1. The number of Topliss-reactive ketones (excluding diaryl/α,β-unsaturated/α-hetero) is 1. The summed E-state index contributed by atoms with van der Waals surface area (Å²) in [4.78, 5) is 12.3. The fourth-order valence-corrected chi connectivity index (χ4v) is 2.53. The number of hydrogen-bond donors (Lipinski definition) is 0. The van der Waals surface area contributed by atoms with Gasteiger partial charge in [-0.15, -0.1) is 0 Å². The van der Waals surface area contributed by atoms with Gasteiger partial charge in [0.2, 0.25) is 0 Å². The molecule has 112 valence electrons. The molecule has 0 unspecified atom stereocenters. The Morgan fingerprint density at radius 2 is 1.86 bits per heavy atom. The van der Waals surface area contributed by atoms with Crippen LogP contribution in [0.5, 0.6) is 5.75 Å². The largest absolute Gasteiger partial charge is 0.494 e. The van der Waals surface area contributed by atoms with E-state index < -0.39 is 0 Å². The number of carbonyl (C=O) groups excluding carboxylic acids is 1. The third-order valence-corrected chi connectivity index (χ3v) is 3.67. The van der Waals surface area contributed by atoms with E-state index in [9.17, 15) is 4.79 Å². The normalized spacial score (nSPS) is 10.7. The van der Waals surface area contributed by atoms with E-state index >= 15 is 0 Å². The Balaban J connectivity index is 2.14. The quantitative estimate of drug-likeness (QED) is 0.765. The van der Waals surface area contributed by atoms with Crippen LogP contribution in [0.2, 0.25) is 0 Å². The first-order chi connectivity index (χ1) is 10.1. The van der Waals surface area contributed by atoms with Gasteiger partial charge in [-0.25, -0.2) is 0 Å². The molecular weight excluding hydrogens is 264 g/mol. The lowest BCUT2D eigenvalue weighted by molar-refractivity contribution is 0.0966. The van der Waals surface area contributed by atoms with Gasteiger partial charge >= 0.3 is 0 Å². The molecule has 0 aliphatic rings. The molecule has 2 aromatic rings. The Bertz CT molecular complexity index is 627. The zero-order chi connectivity index (χ0) is 15.4. The minimum absolute atomic E-state index is 0.0614. The lowest BCUT2D eigenvalue weighted by Gasteiger charge is -2.06. The topological polar surface area (TPSA) is 44.1 Å². The van der Waals surface area contributed by atoms with Crippen LogP contribution >= 0.6 is 0 Å². The maximum Gasteiger partial charge on any atom is 0.184 e. The van der Waals surface area contributed by atoms with Crippen LogP contribution in [0.3, 0.4) is 0 Å². The molecule has 0 N–H and O–H groups in total. The Kier molecular flexibility index (Phi) is 4.78. The van der Waals surface area contributed by atoms with Crippen LogP contribution in [-0.2, 0) is 13.0 Å². The van der Waals surface area contributed by atoms with E-state index in [1.165, 1.54) is 5.56 Å². The average molecular weight is 286 g/mol. The maximum absolute atomic E-state index is 12.3. The van der Waals surface area contributed by atoms with Crippen LogP contribution in [-0.4, -0.2) is 22.2 Å². The molecule has 0 saturated heterocycles. The zero-order valence-corrected chi connectivity index (χ0v) is 13.1. The van der Waals surface area contributed by atoms with Gasteiger partial charge in [-0.05, 0) is 57.0 Å². The molecule has 0 atom stereocenters. The Morgan fingerprint density at radius 1 is 1.19 bits per heavy atom. The molecule has 2 rings (SSSR count). The Hall–Kier alpha value is -2.10. The van der Waals surface area contributed by atoms with Crippen molar-refractivity contribution < 1.29 is 9.53 Å². The Morgan fingerprint density at radius 3 is 2.38 bits per heavy atom. The number of ether oxygens (including phenoxy) is 1. The number of rotatable bonds is 6. The van der Waals surface area contributed by atoms with Gasteiger partial charge in [0.25, 0.3) is 0 Å². The first-order valence-electron chi connectivity index (χ1n) is 7.35. The third-order valence-electron chi connectivity index (χ3n) is 3.67. The molecule has 1 heterocycles. The van der Waals surface area contributed by atoms with E-state index in [1.54, 1.807) is 16.8 Å². The van der Waals surface area contributed by atoms with Crippen molar-refractivity contribution in [1.82, 2.24) is 9.78 Å². The summed E-state index contributed by atoms with van der Waals surface area (Å²) >= 11 is 0. The molecule has 0 fully saturated rings. The third kappa shape index (κ3) is 3.32. The molecule has 0 radical (unpaired) electrons. The highest BCUT2D eigenvalue weighted by molar-refractivity contribution is 5.96. The van der Waals surface area contributed by atoms with Crippen molar-refractivity contribution in [3.05, 3.63) is 46.8 Å². The van der Waals surface area contributed by atoms with E-state index in [4.69, 9.17) is 4.74 Å². The smallest absolute Gasteiger partial charge is 0.184 e. The van der Waals surface area contributed by atoms with Crippen molar-refractivity contribution >= 4 is 5.78 Å². The summed E-state index contributed by atoms with van der Waals surface area (Å²) in [5.41, 5.74) is 4.00. The van der Waals surface area contributed by atoms with Crippen molar-refractivity contribution in [2.75, 3.05) is 6.61 Å². The van der Waals surface area contributed by atoms with Gasteiger partial charge in [0.05, 0.1) is 12.3 Å². The Labute approximate surface area is 125 Å². The summed E-state index contributed by atoms with van der Waals surface area (Å²) in [6.07, 6.45) is 0.939. The van der Waals surface area contributed by atoms with Crippen LogP contribution in [0.25, 0.3) is 0 Å². The van der Waals surface area contributed by atoms with Gasteiger partial charge in [-0.1, -0.05) is 6.92 Å². The second-order valence-corrected chi connectivity index (χ2v) is 5.04. The molecule has 4 nitrogen and oxygen atoms in total. The number of ketones is 1. The molecule has 1 aromatic heterocycles. The van der Waals surface area contributed by atoms with Gasteiger partial charge in [0, 0.05) is 11.3 Å². The predicted octanol–water partition coefficient (Wildman–Crippen LogP) is 3.34. The number of nitrogens with zero attached hydrogens (tertiary/aromatic N) is 2. The van der Waals surface area contributed by atoms with Gasteiger partial charge in [-0.3, -0.25) is 9.48 Å². The SMILES string of the molecule is CCOc1ccc(C(=O)Cn2nc(C)c(CC)c2C)cc1. The van der Waals surface area contributed by atoms with Gasteiger partial charge < -0.3 is 4.74 Å². The van der Waals surface area contributed by atoms with Crippen molar-refractivity contribution in [3.8, 4) is 5.75 Å². The maximum atomic E-state index is 12.3. The van der Waals surface area contributed by atoms with Crippen LogP contribution in [0.1, 0.15) is 41.2 Å². The van der Waals surface area contributed by atoms with Crippen molar-refractivity contribution in [2.45, 2.75) is 40.7 Å². The van der Waals surface area contributed by atoms with E-state index in [-0.39, 0.29) is 12.3 Å². The van der Waals surface area contributed by atoms with Crippen LogP contribution in [0.4, 0.5) is 0 Å². The minimum atomic E-state index is 0.0614. The number of carbonyl (C=O) groups is 1. The fourth-order valence-electron chi connectivity index (χ4n) is 2.53. The molecule has 0 saturated carbocycles. The molecule has 0 aliphatic heterocycles. The first kappa shape index (κ1) is 15.3. The fraction of sp³-hybridized carbons (Fsp3) is 0.412. The van der Waals surface area contributed by atoms with Gasteiger partial charge in [0.1, 0.15) is 12.3 Å². The van der Waals surface area contributed by atoms with Crippen molar-refractivity contribution in [3.63, 3.8) is 0 Å². The minimum Gasteiger partial charge on any atom is -0.494 e. The van der Waals surface area contributed by atoms with E-state index in [2.05, 4.69) is 12.0 Å². The average Bonchev–Trinajstić information content (AvgIpc) is 2.74. The predicted molar refractivity (Wildman–Crippen MR) is 83.0 cm³/mol. The summed E-state index contributed by atoms with van der Waals surface area (Å²) in [6.45, 7) is 8.95. The van der Waals surface area contributed by atoms with Crippen LogP contribution in [0.15, 0.2) is 24.3 Å². The van der Waals surface area contributed by atoms with Gasteiger partial charge in [0.15, 0.2) is 5.78 Å². The lowest BCUT2D eigenvalue weighted by Crippen LogP contribution is -2.13. The second kappa shape index (κ2) is 6.57. The number of hydrogen-bond acceptors (Lipinski definition) is 3. The van der Waals surface area contributed by atoms with Crippen molar-refractivity contribution in [2.24, 2.45) is 0 Å². The monoisotopic (exact) mass is 286 g/mol. The highest BCUT2D eigenvalue weighted by Gasteiger charge is 2.13. The number of aromatic nitrogens is 2. The first-order valence-corrected chi connectivity index (χ1v) is 7.35. The molecule has 1 aromatic carbocycles. The molecule has 0 bridgehead atoms. The molecule has 0 amide bonds. The summed E-state index contributed by atoms with van der Waals surface area (Å²) < 4.78 is 7.18. The highest BCUT2D eigenvalue weighted by atomic mass is 16.5. The highest BCUT2D eigenvalue weighted by Crippen LogP contribution is 2.16. The molecule has 21 heavy (non-hydrogen) atoms. The summed E-state index contributed by atoms with van der Waals surface area (Å²) in [5, 5.41) is 4.46. The van der Waals surface area contributed by atoms with Gasteiger partial charge in [-0.2, -0.15) is 5.10 Å². The van der Waals surface area contributed by atoms with E-state index in [1.807, 2.05) is 32.9 Å². The van der Waals surface area contributed by atoms with Crippen molar-refractivity contribution in [1.29, 1.82) is 0 Å². The van der Waals surface area contributed by atoms with Crippen LogP contribution in [0, 0.1) is 13.8 Å². The molecule has 0 aliphatic carbocycles. The zero-order valence-electron chi connectivity index (χ0n) is 13.1. The summed E-state index contributed by atoms with van der Waals surface area (Å²) in [5.74, 6) is 0.847. The summed E-state index contributed by atoms with van der Waals surface area (Å²) in [7, 11) is 0. The molecule has 4 heteroatoms. The van der Waals surface area contributed by atoms with E-state index in [0.29, 0.717) is 12.2 Å². The standard InChI is InChI=1S/C17H22N2O2/c1-5-16-12(3)18-19(13(16)4)11-17(20)14-7-9-15(10-8-14)21-6-2/h7-10H,5-6,11H2,1-4H3. The summed E-state index contributed by atoms with van der Waals surface area (Å²) in [6, 6.07) is 7.27. The number of aryl methyl sites for hydroxylation is 1. The second-order valence-electron chi connectivity index (χ2n) is 5.04.